The van der Waals surface area contributed by atoms with Crippen molar-refractivity contribution in [3.8, 4) is 0 Å². The molecule has 0 unspecified atom stereocenters. The zero-order valence-corrected chi connectivity index (χ0v) is 15.2. The van der Waals surface area contributed by atoms with Crippen LogP contribution in [-0.2, 0) is 0 Å². The van der Waals surface area contributed by atoms with Crippen LogP contribution in [0, 0.1) is 0 Å². The molecule has 0 atom stereocenters. The van der Waals surface area contributed by atoms with Crippen LogP contribution < -0.4 is 0 Å². The lowest BCUT2D eigenvalue weighted by atomic mass is 10.1. The molecular weight excluding hydrogens is 252 g/mol. The van der Waals surface area contributed by atoms with E-state index in [0.29, 0.717) is 0 Å². The minimum absolute atomic E-state index is 0. The van der Waals surface area contributed by atoms with Crippen LogP contribution in [0.4, 0.5) is 0 Å². The van der Waals surface area contributed by atoms with Gasteiger partial charge in [-0.2, -0.15) is 0 Å². The van der Waals surface area contributed by atoms with Gasteiger partial charge in [0, 0.05) is 0 Å². The number of hydrogen-bond donors (Lipinski definition) is 0. The third kappa shape index (κ3) is 9.70. The fraction of sp³-hybridized carbons (Fsp3) is 1.00. The molecule has 0 fully saturated rings. The SMILES string of the molecule is CC(C)[N+](C)(C)CCCCCC[N+](C)(C)C(C)C.[OH-].[OH-]. The van der Waals surface area contributed by atoms with Gasteiger partial charge in [0.2, 0.25) is 0 Å². The molecule has 0 aromatic carbocycles. The van der Waals surface area contributed by atoms with E-state index in [-0.39, 0.29) is 11.0 Å². The van der Waals surface area contributed by atoms with Gasteiger partial charge in [0.15, 0.2) is 0 Å². The van der Waals surface area contributed by atoms with Crippen LogP contribution in [0.25, 0.3) is 0 Å². The molecule has 0 bridgehead atoms. The van der Waals surface area contributed by atoms with Gasteiger partial charge >= 0.3 is 0 Å². The Kier molecular flexibility index (Phi) is 13.1. The van der Waals surface area contributed by atoms with Crippen LogP contribution in [0.2, 0.25) is 0 Å². The zero-order valence-electron chi connectivity index (χ0n) is 15.2. The van der Waals surface area contributed by atoms with E-state index in [4.69, 9.17) is 0 Å². The van der Waals surface area contributed by atoms with Crippen LogP contribution in [0.5, 0.6) is 0 Å². The molecule has 20 heavy (non-hydrogen) atoms. The second kappa shape index (κ2) is 10.6. The lowest BCUT2D eigenvalue weighted by molar-refractivity contribution is -0.912. The van der Waals surface area contributed by atoms with Crippen LogP contribution in [0.1, 0.15) is 53.4 Å². The van der Waals surface area contributed by atoms with Crippen molar-refractivity contribution in [2.75, 3.05) is 41.3 Å². The maximum absolute atomic E-state index is 2.35. The molecule has 0 spiro atoms. The molecule has 0 saturated carbocycles. The van der Waals surface area contributed by atoms with E-state index >= 15 is 0 Å². The van der Waals surface area contributed by atoms with E-state index in [9.17, 15) is 0 Å². The van der Waals surface area contributed by atoms with E-state index < -0.39 is 0 Å². The van der Waals surface area contributed by atoms with E-state index in [1.165, 1.54) is 38.8 Å². The molecule has 0 saturated heterocycles. The first-order chi connectivity index (χ1) is 8.09. The monoisotopic (exact) mass is 292 g/mol. The van der Waals surface area contributed by atoms with Crippen LogP contribution in [0.15, 0.2) is 0 Å². The molecule has 0 aliphatic rings. The standard InChI is InChI=1S/C16H38N2.2H2O/c1-15(2)17(5,6)13-11-9-10-12-14-18(7,8)16(3)4;;/h15-16H,9-14H2,1-8H3;2*1H2/q+2;;/p-2. The molecule has 0 heterocycles. The molecule has 4 nitrogen and oxygen atoms in total. The highest BCUT2D eigenvalue weighted by atomic mass is 16.0. The molecule has 2 N–H and O–H groups in total. The van der Waals surface area contributed by atoms with Crippen molar-refractivity contribution in [2.45, 2.75) is 65.5 Å². The molecule has 0 radical (unpaired) electrons. The molecule has 0 amide bonds. The predicted octanol–water partition coefficient (Wildman–Crippen LogP) is 3.16. The highest BCUT2D eigenvalue weighted by Crippen LogP contribution is 2.12. The third-order valence-corrected chi connectivity index (χ3v) is 5.01. The maximum atomic E-state index is 2.35. The molecule has 0 aromatic heterocycles. The Balaban J connectivity index is -0.00000144. The summed E-state index contributed by atoms with van der Waals surface area (Å²) < 4.78 is 2.32. The van der Waals surface area contributed by atoms with Crippen molar-refractivity contribution in [3.05, 3.63) is 0 Å². The average Bonchev–Trinajstić information content (AvgIpc) is 2.22. The summed E-state index contributed by atoms with van der Waals surface area (Å²) >= 11 is 0. The molecule has 0 aliphatic heterocycles. The van der Waals surface area contributed by atoms with Crippen LogP contribution in [-0.4, -0.2) is 73.3 Å². The van der Waals surface area contributed by atoms with Gasteiger partial charge in [-0.3, -0.25) is 0 Å². The predicted molar refractivity (Wildman–Crippen MR) is 86.6 cm³/mol. The zero-order chi connectivity index (χ0) is 14.4. The summed E-state index contributed by atoms with van der Waals surface area (Å²) in [4.78, 5) is 0. The summed E-state index contributed by atoms with van der Waals surface area (Å²) in [5, 5.41) is 0. The normalized spacial score (nSPS) is 12.3. The van der Waals surface area contributed by atoms with Crippen molar-refractivity contribution < 1.29 is 19.9 Å². The number of hydrogen-bond acceptors (Lipinski definition) is 2. The first-order valence-corrected chi connectivity index (χ1v) is 7.75. The molecule has 126 valence electrons. The van der Waals surface area contributed by atoms with Gasteiger partial charge in [0.1, 0.15) is 0 Å². The lowest BCUT2D eigenvalue weighted by Crippen LogP contribution is -2.46. The minimum atomic E-state index is 0. The number of unbranched alkanes of at least 4 members (excludes halogenated alkanes) is 3. The fourth-order valence-electron chi connectivity index (χ4n) is 1.91. The van der Waals surface area contributed by atoms with E-state index in [1.807, 2.05) is 0 Å². The average molecular weight is 293 g/mol. The molecule has 0 aromatic rings. The van der Waals surface area contributed by atoms with Gasteiger partial charge in [-0.25, -0.2) is 0 Å². The van der Waals surface area contributed by atoms with E-state index in [1.54, 1.807) is 0 Å². The summed E-state index contributed by atoms with van der Waals surface area (Å²) in [6.45, 7) is 11.9. The Hall–Kier alpha value is -0.160. The Labute approximate surface area is 127 Å². The fourth-order valence-corrected chi connectivity index (χ4v) is 1.91. The number of quaternary nitrogens is 2. The summed E-state index contributed by atoms with van der Waals surface area (Å²) in [7, 11) is 9.40. The third-order valence-electron chi connectivity index (χ3n) is 5.01. The van der Waals surface area contributed by atoms with Crippen molar-refractivity contribution in [2.24, 2.45) is 0 Å². The van der Waals surface area contributed by atoms with Crippen LogP contribution in [0.3, 0.4) is 0 Å². The van der Waals surface area contributed by atoms with Gasteiger partial charge in [0.25, 0.3) is 0 Å². The second-order valence-corrected chi connectivity index (χ2v) is 7.61. The Morgan fingerprint density at radius 2 is 0.800 bits per heavy atom. The highest BCUT2D eigenvalue weighted by molar-refractivity contribution is 4.47. The van der Waals surface area contributed by atoms with Gasteiger partial charge in [-0.1, -0.05) is 0 Å². The van der Waals surface area contributed by atoms with Crippen molar-refractivity contribution >= 4 is 0 Å². The Bertz CT molecular complexity index is 203. The smallest absolute Gasteiger partial charge is 0.0829 e. The summed E-state index contributed by atoms with van der Waals surface area (Å²) in [6, 6.07) is 1.48. The van der Waals surface area contributed by atoms with Crippen molar-refractivity contribution in [1.29, 1.82) is 0 Å². The summed E-state index contributed by atoms with van der Waals surface area (Å²) in [5.41, 5.74) is 0. The minimum Gasteiger partial charge on any atom is -0.870 e. The van der Waals surface area contributed by atoms with E-state index in [0.717, 1.165) is 21.0 Å². The molecule has 4 heteroatoms. The summed E-state index contributed by atoms with van der Waals surface area (Å²) in [5.74, 6) is 0. The van der Waals surface area contributed by atoms with Gasteiger partial charge in [-0.15, -0.1) is 0 Å². The second-order valence-electron chi connectivity index (χ2n) is 7.61. The van der Waals surface area contributed by atoms with Crippen molar-refractivity contribution in [3.63, 3.8) is 0 Å². The molecule has 0 aliphatic carbocycles. The summed E-state index contributed by atoms with van der Waals surface area (Å²) in [6.07, 6.45) is 5.54. The van der Waals surface area contributed by atoms with Crippen molar-refractivity contribution in [1.82, 2.24) is 0 Å². The molecule has 0 rings (SSSR count). The van der Waals surface area contributed by atoms with E-state index in [2.05, 4.69) is 55.9 Å². The van der Waals surface area contributed by atoms with Gasteiger partial charge in [-0.05, 0) is 53.4 Å². The maximum Gasteiger partial charge on any atom is 0.0829 e. The van der Waals surface area contributed by atoms with Crippen LogP contribution >= 0.6 is 0 Å². The Morgan fingerprint density at radius 1 is 0.550 bits per heavy atom. The quantitative estimate of drug-likeness (QED) is 0.484. The largest absolute Gasteiger partial charge is 0.870 e. The highest BCUT2D eigenvalue weighted by Gasteiger charge is 2.20. The number of rotatable bonds is 9. The molecular formula is C16H40N2O2. The van der Waals surface area contributed by atoms with Gasteiger partial charge in [0.05, 0.1) is 53.4 Å². The first-order valence-electron chi connectivity index (χ1n) is 7.75. The Morgan fingerprint density at radius 3 is 1.00 bits per heavy atom. The first kappa shape index (κ1) is 24.8. The lowest BCUT2D eigenvalue weighted by Gasteiger charge is -2.35. The number of nitrogens with zero attached hydrogens (tertiary/aromatic N) is 2. The van der Waals surface area contributed by atoms with Gasteiger partial charge < -0.3 is 19.9 Å². The topological polar surface area (TPSA) is 60.0 Å².